The SMILES string of the molecule is O=C1/C(=C/c2ccccc2)CN(C(=O)Oc2ccc(Cl)cc2)C/C1=C\c1ccccc1. The number of halogens is 1. The second kappa shape index (κ2) is 9.45. The molecule has 0 atom stereocenters. The summed E-state index contributed by atoms with van der Waals surface area (Å²) in [6.45, 7) is 0.346. The molecule has 0 aliphatic carbocycles. The minimum atomic E-state index is -0.521. The second-order valence-electron chi connectivity index (χ2n) is 7.17. The average Bonchev–Trinajstić information content (AvgIpc) is 2.79. The highest BCUT2D eigenvalue weighted by atomic mass is 35.5. The van der Waals surface area contributed by atoms with Crippen LogP contribution in [0, 0.1) is 0 Å². The van der Waals surface area contributed by atoms with Crippen LogP contribution in [-0.4, -0.2) is 29.9 Å². The first kappa shape index (κ1) is 20.6. The second-order valence-corrected chi connectivity index (χ2v) is 7.60. The summed E-state index contributed by atoms with van der Waals surface area (Å²) in [4.78, 5) is 27.6. The van der Waals surface area contributed by atoms with E-state index in [9.17, 15) is 9.59 Å². The first-order valence-corrected chi connectivity index (χ1v) is 10.2. The molecule has 154 valence electrons. The molecule has 3 aromatic rings. The summed E-state index contributed by atoms with van der Waals surface area (Å²) >= 11 is 5.90. The maximum absolute atomic E-state index is 13.2. The Bertz CT molecular complexity index is 1070. The van der Waals surface area contributed by atoms with Crippen LogP contribution >= 0.6 is 11.6 Å². The van der Waals surface area contributed by atoms with Gasteiger partial charge in [0.05, 0.1) is 13.1 Å². The zero-order valence-corrected chi connectivity index (χ0v) is 17.5. The van der Waals surface area contributed by atoms with Gasteiger partial charge >= 0.3 is 6.09 Å². The van der Waals surface area contributed by atoms with Crippen LogP contribution in [0.4, 0.5) is 4.79 Å². The van der Waals surface area contributed by atoms with Crippen LogP contribution in [0.25, 0.3) is 12.2 Å². The molecule has 0 saturated carbocycles. The highest BCUT2D eigenvalue weighted by Crippen LogP contribution is 2.24. The molecule has 4 nitrogen and oxygen atoms in total. The van der Waals surface area contributed by atoms with E-state index in [4.69, 9.17) is 16.3 Å². The van der Waals surface area contributed by atoms with Crippen molar-refractivity contribution in [3.8, 4) is 5.75 Å². The summed E-state index contributed by atoms with van der Waals surface area (Å²) in [7, 11) is 0. The molecule has 31 heavy (non-hydrogen) atoms. The van der Waals surface area contributed by atoms with Crippen LogP contribution in [0.5, 0.6) is 5.75 Å². The van der Waals surface area contributed by atoms with Crippen molar-refractivity contribution in [1.29, 1.82) is 0 Å². The van der Waals surface area contributed by atoms with Gasteiger partial charge in [-0.1, -0.05) is 72.3 Å². The van der Waals surface area contributed by atoms with Crippen molar-refractivity contribution in [2.24, 2.45) is 0 Å². The zero-order chi connectivity index (χ0) is 21.6. The van der Waals surface area contributed by atoms with E-state index >= 15 is 0 Å². The summed E-state index contributed by atoms with van der Waals surface area (Å²) in [5.41, 5.74) is 2.87. The molecule has 1 aliphatic heterocycles. The van der Waals surface area contributed by atoms with Crippen molar-refractivity contribution in [2.75, 3.05) is 13.1 Å². The lowest BCUT2D eigenvalue weighted by Crippen LogP contribution is -2.43. The topological polar surface area (TPSA) is 46.6 Å². The molecular formula is C26H20ClNO3. The summed E-state index contributed by atoms with van der Waals surface area (Å²) < 4.78 is 5.50. The van der Waals surface area contributed by atoms with Crippen molar-refractivity contribution < 1.29 is 14.3 Å². The smallest absolute Gasteiger partial charge is 0.410 e. The van der Waals surface area contributed by atoms with E-state index in [1.165, 1.54) is 4.90 Å². The Balaban J connectivity index is 1.64. The first-order chi connectivity index (χ1) is 15.1. The van der Waals surface area contributed by atoms with Crippen LogP contribution < -0.4 is 4.74 Å². The van der Waals surface area contributed by atoms with E-state index in [2.05, 4.69) is 0 Å². The third-order valence-electron chi connectivity index (χ3n) is 4.86. The molecule has 1 heterocycles. The summed E-state index contributed by atoms with van der Waals surface area (Å²) in [6, 6.07) is 25.8. The van der Waals surface area contributed by atoms with Gasteiger partial charge in [0.2, 0.25) is 0 Å². The number of Topliss-reactive ketones (excluding diaryl/α,β-unsaturated/α-hetero) is 1. The van der Waals surface area contributed by atoms with Gasteiger partial charge in [-0.05, 0) is 47.5 Å². The van der Waals surface area contributed by atoms with Gasteiger partial charge in [-0.3, -0.25) is 9.69 Å². The number of benzene rings is 3. The van der Waals surface area contributed by atoms with Gasteiger partial charge in [-0.25, -0.2) is 4.79 Å². The van der Waals surface area contributed by atoms with Crippen LogP contribution in [0.15, 0.2) is 96.1 Å². The standard InChI is InChI=1S/C26H20ClNO3/c27-23-11-13-24(14-12-23)31-26(30)28-17-21(15-19-7-3-1-4-8-19)25(29)22(18-28)16-20-9-5-2-6-10-20/h1-16H,17-18H2/b21-15+,22-16+. The molecule has 1 fully saturated rings. The monoisotopic (exact) mass is 429 g/mol. The molecule has 0 radical (unpaired) electrons. The number of carbonyl (C=O) groups is 2. The minimum Gasteiger partial charge on any atom is -0.410 e. The van der Waals surface area contributed by atoms with Crippen LogP contribution in [0.3, 0.4) is 0 Å². The van der Waals surface area contributed by atoms with Gasteiger partial charge in [0.25, 0.3) is 0 Å². The van der Waals surface area contributed by atoms with Crippen molar-refractivity contribution in [2.45, 2.75) is 0 Å². The number of piperidine rings is 1. The number of hydrogen-bond acceptors (Lipinski definition) is 3. The molecule has 0 bridgehead atoms. The maximum Gasteiger partial charge on any atom is 0.415 e. The largest absolute Gasteiger partial charge is 0.415 e. The normalized spacial score (nSPS) is 16.5. The van der Waals surface area contributed by atoms with Crippen molar-refractivity contribution in [1.82, 2.24) is 4.90 Å². The lowest BCUT2D eigenvalue weighted by Gasteiger charge is -2.29. The molecule has 3 aromatic carbocycles. The van der Waals surface area contributed by atoms with E-state index in [1.54, 1.807) is 24.3 Å². The third-order valence-corrected chi connectivity index (χ3v) is 5.12. The van der Waals surface area contributed by atoms with Crippen molar-refractivity contribution in [3.05, 3.63) is 112 Å². The molecule has 1 aliphatic rings. The molecular weight excluding hydrogens is 410 g/mol. The number of ether oxygens (including phenoxy) is 1. The number of likely N-dealkylation sites (tertiary alicyclic amines) is 1. The molecule has 4 rings (SSSR count). The molecule has 1 saturated heterocycles. The van der Waals surface area contributed by atoms with Gasteiger partial charge < -0.3 is 4.74 Å². The van der Waals surface area contributed by atoms with E-state index in [-0.39, 0.29) is 18.9 Å². The quantitative estimate of drug-likeness (QED) is 0.487. The Morgan fingerprint density at radius 3 is 1.74 bits per heavy atom. The van der Waals surface area contributed by atoms with E-state index in [0.717, 1.165) is 11.1 Å². The fraction of sp³-hybridized carbons (Fsp3) is 0.0769. The number of ketones is 1. The number of carbonyl (C=O) groups excluding carboxylic acids is 2. The van der Waals surface area contributed by atoms with E-state index < -0.39 is 6.09 Å². The minimum absolute atomic E-state index is 0.0664. The molecule has 0 unspecified atom stereocenters. The number of nitrogens with zero attached hydrogens (tertiary/aromatic N) is 1. The Hall–Kier alpha value is -3.63. The van der Waals surface area contributed by atoms with Crippen LogP contribution in [0.2, 0.25) is 5.02 Å². The Morgan fingerprint density at radius 1 is 0.774 bits per heavy atom. The third kappa shape index (κ3) is 5.30. The van der Waals surface area contributed by atoms with Crippen LogP contribution in [0.1, 0.15) is 11.1 Å². The average molecular weight is 430 g/mol. The van der Waals surface area contributed by atoms with Gasteiger partial charge in [0.1, 0.15) is 5.75 Å². The fourth-order valence-electron chi connectivity index (χ4n) is 3.34. The highest BCUT2D eigenvalue weighted by molar-refractivity contribution is 6.30. The predicted molar refractivity (Wildman–Crippen MR) is 123 cm³/mol. The lowest BCUT2D eigenvalue weighted by molar-refractivity contribution is -0.113. The van der Waals surface area contributed by atoms with Crippen LogP contribution in [-0.2, 0) is 4.79 Å². The summed E-state index contributed by atoms with van der Waals surface area (Å²) in [6.07, 6.45) is 3.12. The number of amides is 1. The van der Waals surface area contributed by atoms with Gasteiger partial charge in [0.15, 0.2) is 5.78 Å². The Labute approximate surface area is 186 Å². The Morgan fingerprint density at radius 2 is 1.26 bits per heavy atom. The zero-order valence-electron chi connectivity index (χ0n) is 16.7. The lowest BCUT2D eigenvalue weighted by atomic mass is 9.94. The summed E-state index contributed by atoms with van der Waals surface area (Å²) in [5.74, 6) is 0.330. The Kier molecular flexibility index (Phi) is 6.29. The molecule has 0 spiro atoms. The molecule has 1 amide bonds. The number of rotatable bonds is 3. The fourth-order valence-corrected chi connectivity index (χ4v) is 3.46. The van der Waals surface area contributed by atoms with Crippen molar-refractivity contribution >= 4 is 35.6 Å². The molecule has 0 aromatic heterocycles. The molecule has 5 heteroatoms. The highest BCUT2D eigenvalue weighted by Gasteiger charge is 2.30. The summed E-state index contributed by atoms with van der Waals surface area (Å²) in [5, 5.41) is 0.560. The van der Waals surface area contributed by atoms with Crippen molar-refractivity contribution in [3.63, 3.8) is 0 Å². The first-order valence-electron chi connectivity index (χ1n) is 9.87. The van der Waals surface area contributed by atoms with Gasteiger partial charge in [-0.2, -0.15) is 0 Å². The van der Waals surface area contributed by atoms with E-state index in [1.807, 2.05) is 72.8 Å². The predicted octanol–water partition coefficient (Wildman–Crippen LogP) is 5.89. The maximum atomic E-state index is 13.2. The van der Waals surface area contributed by atoms with Gasteiger partial charge in [0, 0.05) is 16.2 Å². The van der Waals surface area contributed by atoms with Gasteiger partial charge in [-0.15, -0.1) is 0 Å². The number of hydrogen-bond donors (Lipinski definition) is 0. The van der Waals surface area contributed by atoms with E-state index in [0.29, 0.717) is 21.9 Å². The molecule has 0 N–H and O–H groups in total.